The number of hydrogen-bond acceptors (Lipinski definition) is 3. The summed E-state index contributed by atoms with van der Waals surface area (Å²) in [5.74, 6) is 0.126. The first-order valence-electron chi connectivity index (χ1n) is 3.93. The lowest BCUT2D eigenvalue weighted by molar-refractivity contribution is 0.491. The van der Waals surface area contributed by atoms with E-state index < -0.39 is 10.0 Å². The Morgan fingerprint density at radius 3 is 2.08 bits per heavy atom. The second-order valence-electron chi connectivity index (χ2n) is 3.77. The molecule has 0 aliphatic carbocycles. The van der Waals surface area contributed by atoms with E-state index in [9.17, 15) is 8.42 Å². The molecule has 0 saturated heterocycles. The van der Waals surface area contributed by atoms with Gasteiger partial charge in [-0.25, -0.2) is 13.1 Å². The van der Waals surface area contributed by atoms with Crippen LogP contribution in [0.25, 0.3) is 0 Å². The minimum Gasteiger partial charge on any atom is -0.319 e. The number of hydrogen-bond donors (Lipinski definition) is 2. The molecule has 0 atom stereocenters. The molecule has 0 radical (unpaired) electrons. The van der Waals surface area contributed by atoms with Gasteiger partial charge in [-0.3, -0.25) is 0 Å². The Kier molecular flexibility index (Phi) is 4.16. The minimum atomic E-state index is -3.11. The van der Waals surface area contributed by atoms with Crippen molar-refractivity contribution < 1.29 is 8.42 Å². The smallest absolute Gasteiger partial charge is 0.213 e. The van der Waals surface area contributed by atoms with E-state index in [1.54, 1.807) is 7.05 Å². The number of nitrogens with one attached hydrogen (secondary N) is 2. The molecule has 0 fully saturated rings. The highest BCUT2D eigenvalue weighted by Crippen LogP contribution is 2.01. The summed E-state index contributed by atoms with van der Waals surface area (Å²) in [6.45, 7) is 5.95. The largest absolute Gasteiger partial charge is 0.319 e. The quantitative estimate of drug-likeness (QED) is 0.658. The highest BCUT2D eigenvalue weighted by molar-refractivity contribution is 7.89. The first kappa shape index (κ1) is 11.9. The topological polar surface area (TPSA) is 58.2 Å². The van der Waals surface area contributed by atoms with Crippen LogP contribution in [0.5, 0.6) is 0 Å². The Hall–Kier alpha value is -0.130. The van der Waals surface area contributed by atoms with Gasteiger partial charge in [-0.15, -0.1) is 0 Å². The maximum atomic E-state index is 11.3. The van der Waals surface area contributed by atoms with Crippen molar-refractivity contribution >= 4 is 10.0 Å². The van der Waals surface area contributed by atoms with Gasteiger partial charge in [-0.1, -0.05) is 0 Å². The van der Waals surface area contributed by atoms with Gasteiger partial charge in [0.25, 0.3) is 0 Å². The van der Waals surface area contributed by atoms with Crippen LogP contribution in [-0.2, 0) is 10.0 Å². The Balaban J connectivity index is 4.06. The van der Waals surface area contributed by atoms with Gasteiger partial charge >= 0.3 is 0 Å². The molecule has 0 aromatic carbocycles. The summed E-state index contributed by atoms with van der Waals surface area (Å²) >= 11 is 0. The molecule has 0 aromatic rings. The number of rotatable bonds is 4. The Labute approximate surface area is 74.8 Å². The van der Waals surface area contributed by atoms with Gasteiger partial charge in [0, 0.05) is 12.1 Å². The summed E-state index contributed by atoms with van der Waals surface area (Å²) in [4.78, 5) is 0. The molecule has 5 heteroatoms. The van der Waals surface area contributed by atoms with E-state index in [2.05, 4.69) is 10.0 Å². The lowest BCUT2D eigenvalue weighted by atomic mass is 10.1. The third-order valence-corrected chi connectivity index (χ3v) is 2.75. The lowest BCUT2D eigenvalue weighted by Gasteiger charge is -2.20. The van der Waals surface area contributed by atoms with E-state index in [-0.39, 0.29) is 11.3 Å². The molecule has 4 nitrogen and oxygen atoms in total. The maximum Gasteiger partial charge on any atom is 0.213 e. The van der Waals surface area contributed by atoms with Crippen LogP contribution in [0.3, 0.4) is 0 Å². The van der Waals surface area contributed by atoms with Crippen molar-refractivity contribution in [2.75, 3.05) is 19.3 Å². The van der Waals surface area contributed by atoms with Crippen molar-refractivity contribution in [3.63, 3.8) is 0 Å². The third kappa shape index (κ3) is 6.57. The number of sulfonamides is 1. The van der Waals surface area contributed by atoms with Crippen LogP contribution in [0.4, 0.5) is 0 Å². The molecule has 0 aliphatic heterocycles. The summed E-state index contributed by atoms with van der Waals surface area (Å²) < 4.78 is 25.1. The van der Waals surface area contributed by atoms with Gasteiger partial charge in [-0.05, 0) is 27.8 Å². The van der Waals surface area contributed by atoms with Gasteiger partial charge < -0.3 is 5.32 Å². The summed E-state index contributed by atoms with van der Waals surface area (Å²) in [6, 6.07) is 0. The summed E-state index contributed by atoms with van der Waals surface area (Å²) in [7, 11) is -1.39. The van der Waals surface area contributed by atoms with Crippen LogP contribution in [0.15, 0.2) is 0 Å². The zero-order valence-electron chi connectivity index (χ0n) is 8.14. The van der Waals surface area contributed by atoms with Crippen molar-refractivity contribution in [2.45, 2.75) is 26.3 Å². The minimum absolute atomic E-state index is 0.126. The van der Waals surface area contributed by atoms with Gasteiger partial charge in [0.2, 0.25) is 10.0 Å². The predicted molar refractivity (Wildman–Crippen MR) is 50.6 cm³/mol. The lowest BCUT2D eigenvalue weighted by Crippen LogP contribution is -2.43. The van der Waals surface area contributed by atoms with E-state index >= 15 is 0 Å². The van der Waals surface area contributed by atoms with Crippen molar-refractivity contribution in [1.82, 2.24) is 10.0 Å². The normalized spacial score (nSPS) is 13.3. The van der Waals surface area contributed by atoms with Crippen LogP contribution in [0.1, 0.15) is 20.8 Å². The maximum absolute atomic E-state index is 11.3. The molecule has 2 N–H and O–H groups in total. The average Bonchev–Trinajstić information content (AvgIpc) is 1.78. The molecular formula is C7H18N2O2S. The van der Waals surface area contributed by atoms with Crippen LogP contribution in [0.2, 0.25) is 0 Å². The van der Waals surface area contributed by atoms with Crippen LogP contribution in [0, 0.1) is 0 Å². The molecule has 0 bridgehead atoms. The average molecular weight is 194 g/mol. The van der Waals surface area contributed by atoms with Crippen LogP contribution in [-0.4, -0.2) is 33.3 Å². The fourth-order valence-electron chi connectivity index (χ4n) is 0.754. The highest BCUT2D eigenvalue weighted by atomic mass is 32.2. The Morgan fingerprint density at radius 2 is 1.75 bits per heavy atom. The predicted octanol–water partition coefficient (Wildman–Crippen LogP) is -0.0763. The first-order chi connectivity index (χ1) is 5.27. The molecule has 0 heterocycles. The zero-order chi connectivity index (χ0) is 9.83. The fraction of sp³-hybridized carbons (Fsp3) is 1.00. The van der Waals surface area contributed by atoms with Crippen molar-refractivity contribution in [1.29, 1.82) is 0 Å². The summed E-state index contributed by atoms with van der Waals surface area (Å²) in [5.41, 5.74) is -0.382. The third-order valence-electron chi connectivity index (χ3n) is 1.08. The zero-order valence-corrected chi connectivity index (χ0v) is 8.96. The van der Waals surface area contributed by atoms with E-state index in [0.29, 0.717) is 6.54 Å². The van der Waals surface area contributed by atoms with E-state index in [0.717, 1.165) is 0 Å². The van der Waals surface area contributed by atoms with Crippen molar-refractivity contribution in [3.8, 4) is 0 Å². The molecular weight excluding hydrogens is 176 g/mol. The standard InChI is InChI=1S/C7H18N2O2S/c1-7(2,3)9-12(10,11)6-5-8-4/h8-9H,5-6H2,1-4H3. The molecule has 12 heavy (non-hydrogen) atoms. The van der Waals surface area contributed by atoms with Crippen LogP contribution < -0.4 is 10.0 Å². The molecule has 0 saturated carbocycles. The second-order valence-corrected chi connectivity index (χ2v) is 5.62. The molecule has 74 valence electrons. The highest BCUT2D eigenvalue weighted by Gasteiger charge is 2.18. The monoisotopic (exact) mass is 194 g/mol. The molecule has 0 aliphatic rings. The van der Waals surface area contributed by atoms with E-state index in [1.165, 1.54) is 0 Å². The fourth-order valence-corrected chi connectivity index (χ4v) is 2.26. The Morgan fingerprint density at radius 1 is 1.25 bits per heavy atom. The SMILES string of the molecule is CNCCS(=O)(=O)NC(C)(C)C. The van der Waals surface area contributed by atoms with Crippen molar-refractivity contribution in [3.05, 3.63) is 0 Å². The molecule has 0 aromatic heterocycles. The first-order valence-corrected chi connectivity index (χ1v) is 5.58. The van der Waals surface area contributed by atoms with Gasteiger partial charge in [-0.2, -0.15) is 0 Å². The Bertz CT molecular complexity index is 216. The summed E-state index contributed by atoms with van der Waals surface area (Å²) in [5, 5.41) is 2.79. The van der Waals surface area contributed by atoms with Gasteiger partial charge in [0.05, 0.1) is 5.75 Å². The van der Waals surface area contributed by atoms with E-state index in [4.69, 9.17) is 0 Å². The second kappa shape index (κ2) is 4.20. The van der Waals surface area contributed by atoms with Gasteiger partial charge in [0.15, 0.2) is 0 Å². The molecule has 0 unspecified atom stereocenters. The summed E-state index contributed by atoms with van der Waals surface area (Å²) in [6.07, 6.45) is 0. The van der Waals surface area contributed by atoms with E-state index in [1.807, 2.05) is 20.8 Å². The van der Waals surface area contributed by atoms with Crippen molar-refractivity contribution in [2.24, 2.45) is 0 Å². The molecule has 0 rings (SSSR count). The van der Waals surface area contributed by atoms with Crippen LogP contribution >= 0.6 is 0 Å². The van der Waals surface area contributed by atoms with Gasteiger partial charge in [0.1, 0.15) is 0 Å². The molecule has 0 amide bonds. The molecule has 0 spiro atoms.